The van der Waals surface area contributed by atoms with Crippen molar-refractivity contribution < 1.29 is 19.1 Å². The van der Waals surface area contributed by atoms with Crippen LogP contribution in [0.1, 0.15) is 44.9 Å². The van der Waals surface area contributed by atoms with Gasteiger partial charge in [-0.15, -0.1) is 0 Å². The molecular formula is C28H36N6O4. The van der Waals surface area contributed by atoms with Gasteiger partial charge in [-0.05, 0) is 87.5 Å². The average molecular weight is 521 g/mol. The summed E-state index contributed by atoms with van der Waals surface area (Å²) in [6, 6.07) is 11.0. The third-order valence-corrected chi connectivity index (χ3v) is 5.24. The zero-order valence-corrected chi connectivity index (χ0v) is 22.1. The Kier molecular flexibility index (Phi) is 11.0. The smallest absolute Gasteiger partial charge is 0.269 e. The number of benzene rings is 2. The van der Waals surface area contributed by atoms with Crippen molar-refractivity contribution in [3.8, 4) is 11.5 Å². The zero-order valence-electron chi connectivity index (χ0n) is 22.1. The summed E-state index contributed by atoms with van der Waals surface area (Å²) in [5.74, 6) is -0.143. The fraction of sp³-hybridized carbons (Fsp3) is 0.250. The van der Waals surface area contributed by atoms with Crippen LogP contribution in [0.4, 0.5) is 5.69 Å². The number of hydrogen-bond acceptors (Lipinski definition) is 7. The first-order valence-electron chi connectivity index (χ1n) is 12.1. The minimum absolute atomic E-state index is 0.0674. The predicted octanol–water partition coefficient (Wildman–Crippen LogP) is 3.43. The van der Waals surface area contributed by atoms with Crippen LogP contribution in [0.15, 0.2) is 78.5 Å². The van der Waals surface area contributed by atoms with Gasteiger partial charge in [-0.3, -0.25) is 25.8 Å². The number of nitrogens with one attached hydrogen (secondary N) is 4. The van der Waals surface area contributed by atoms with E-state index in [2.05, 4.69) is 22.7 Å². The van der Waals surface area contributed by atoms with Crippen LogP contribution in [0.25, 0.3) is 0 Å². The van der Waals surface area contributed by atoms with Crippen molar-refractivity contribution in [1.82, 2.24) is 10.9 Å². The third kappa shape index (κ3) is 8.44. The van der Waals surface area contributed by atoms with E-state index < -0.39 is 17.9 Å². The van der Waals surface area contributed by atoms with Gasteiger partial charge in [0.2, 0.25) is 0 Å². The summed E-state index contributed by atoms with van der Waals surface area (Å²) < 4.78 is 11.6. The minimum Gasteiger partial charge on any atom is -0.490 e. The van der Waals surface area contributed by atoms with E-state index in [1.54, 1.807) is 61.5 Å². The molecule has 0 aliphatic rings. The molecule has 10 nitrogen and oxygen atoms in total. The molecule has 0 fully saturated rings. The summed E-state index contributed by atoms with van der Waals surface area (Å²) in [5, 5.41) is 10.8. The van der Waals surface area contributed by atoms with Crippen LogP contribution in [-0.4, -0.2) is 30.4 Å². The monoisotopic (exact) mass is 520 g/mol. The molecule has 38 heavy (non-hydrogen) atoms. The minimum atomic E-state index is -0.934. The molecule has 0 aliphatic heterocycles. The van der Waals surface area contributed by atoms with Crippen LogP contribution in [0.2, 0.25) is 0 Å². The van der Waals surface area contributed by atoms with Crippen molar-refractivity contribution in [3.05, 3.63) is 89.7 Å². The summed E-state index contributed by atoms with van der Waals surface area (Å²) in [4.78, 5) is 25.9. The Balaban J connectivity index is 2.35. The normalized spacial score (nSPS) is 12.1. The van der Waals surface area contributed by atoms with E-state index >= 15 is 0 Å². The second-order valence-electron chi connectivity index (χ2n) is 8.53. The number of amides is 2. The lowest BCUT2D eigenvalue weighted by molar-refractivity contribution is -0.127. The quantitative estimate of drug-likeness (QED) is 0.0820. The number of carbonyl (C=O) groups excluding carboxylic acids is 2. The third-order valence-electron chi connectivity index (χ3n) is 5.24. The number of hydrogen-bond donors (Lipinski definition) is 6. The highest BCUT2D eigenvalue weighted by atomic mass is 16.5. The molecule has 2 aromatic carbocycles. The van der Waals surface area contributed by atoms with Crippen molar-refractivity contribution in [3.63, 3.8) is 0 Å². The summed E-state index contributed by atoms with van der Waals surface area (Å²) >= 11 is 0. The van der Waals surface area contributed by atoms with Gasteiger partial charge in [0.1, 0.15) is 11.9 Å². The molecule has 0 saturated heterocycles. The van der Waals surface area contributed by atoms with E-state index in [0.29, 0.717) is 40.5 Å². The summed E-state index contributed by atoms with van der Waals surface area (Å²) in [6.45, 7) is 11.5. The van der Waals surface area contributed by atoms with Crippen molar-refractivity contribution in [1.29, 1.82) is 5.41 Å². The highest BCUT2D eigenvalue weighted by Gasteiger charge is 2.24. The number of nitrogens with two attached hydrogens (primary N) is 2. The van der Waals surface area contributed by atoms with Gasteiger partial charge in [0, 0.05) is 16.8 Å². The number of rotatable bonds is 12. The van der Waals surface area contributed by atoms with Gasteiger partial charge in [-0.25, -0.2) is 0 Å². The maximum absolute atomic E-state index is 13.3. The van der Waals surface area contributed by atoms with E-state index in [1.165, 1.54) is 6.20 Å². The molecule has 0 radical (unpaired) electrons. The molecule has 0 bridgehead atoms. The fourth-order valence-corrected chi connectivity index (χ4v) is 3.28. The first kappa shape index (κ1) is 29.5. The maximum Gasteiger partial charge on any atom is 0.269 e. The number of ether oxygens (including phenoxy) is 2. The average Bonchev–Trinajstić information content (AvgIpc) is 2.89. The topological polar surface area (TPSA) is 165 Å². The summed E-state index contributed by atoms with van der Waals surface area (Å²) in [6.07, 6.45) is 4.48. The molecule has 0 aliphatic carbocycles. The maximum atomic E-state index is 13.3. The lowest BCUT2D eigenvalue weighted by Gasteiger charge is -2.22. The first-order valence-corrected chi connectivity index (χ1v) is 12.1. The Morgan fingerprint density at radius 3 is 2.37 bits per heavy atom. The van der Waals surface area contributed by atoms with Gasteiger partial charge < -0.3 is 26.3 Å². The molecule has 202 valence electrons. The molecule has 0 aromatic heterocycles. The second-order valence-corrected chi connectivity index (χ2v) is 8.53. The Morgan fingerprint density at radius 2 is 1.79 bits per heavy atom. The van der Waals surface area contributed by atoms with Gasteiger partial charge in [0.25, 0.3) is 11.8 Å². The Bertz CT molecular complexity index is 1220. The molecule has 10 heteroatoms. The number of amidine groups is 1. The highest BCUT2D eigenvalue weighted by Crippen LogP contribution is 2.33. The van der Waals surface area contributed by atoms with E-state index in [-0.39, 0.29) is 17.5 Å². The van der Waals surface area contributed by atoms with E-state index in [9.17, 15) is 9.59 Å². The molecule has 2 amide bonds. The van der Waals surface area contributed by atoms with Crippen LogP contribution in [0.3, 0.4) is 0 Å². The fourth-order valence-electron chi connectivity index (χ4n) is 3.28. The van der Waals surface area contributed by atoms with Crippen LogP contribution < -0.4 is 37.1 Å². The van der Waals surface area contributed by atoms with Crippen molar-refractivity contribution in [2.45, 2.75) is 39.8 Å². The molecule has 0 heterocycles. The molecule has 0 spiro atoms. The highest BCUT2D eigenvalue weighted by molar-refractivity contribution is 5.99. The zero-order chi connectivity index (χ0) is 28.2. The van der Waals surface area contributed by atoms with Gasteiger partial charge in [0.15, 0.2) is 11.5 Å². The summed E-state index contributed by atoms with van der Waals surface area (Å²) in [5.41, 5.74) is 18.2. The molecule has 0 saturated carbocycles. The van der Waals surface area contributed by atoms with Crippen molar-refractivity contribution >= 4 is 23.3 Å². The molecular weight excluding hydrogens is 484 g/mol. The van der Waals surface area contributed by atoms with Crippen LogP contribution in [0.5, 0.6) is 11.5 Å². The Morgan fingerprint density at radius 1 is 1.11 bits per heavy atom. The van der Waals surface area contributed by atoms with E-state index in [4.69, 9.17) is 26.4 Å². The van der Waals surface area contributed by atoms with E-state index in [1.807, 2.05) is 20.8 Å². The van der Waals surface area contributed by atoms with Crippen molar-refractivity contribution in [2.24, 2.45) is 11.5 Å². The van der Waals surface area contributed by atoms with Gasteiger partial charge in [0.05, 0.1) is 12.7 Å². The number of carbonyl (C=O) groups is 2. The Hall–Kier alpha value is -4.73. The molecule has 1 atom stereocenters. The molecule has 2 rings (SSSR count). The lowest BCUT2D eigenvalue weighted by atomic mass is 10.0. The van der Waals surface area contributed by atoms with Crippen molar-refractivity contribution in [2.75, 3.05) is 11.9 Å². The lowest BCUT2D eigenvalue weighted by Crippen LogP contribution is -2.46. The standard InChI is InChI=1S/C28H36N6O4/c1-6-37-24-16-21(11-14-23(24)38-17(2)3)25(32-22-12-9-20(10-13-22)26(30)31)28(36)34-33-27(35)19(5)18(4)8-7-15-29/h7-17,25,32H,5-6,29H2,1-4H3,(H3,30,31)(H,33,35)(H,34,36)/b15-7-,18-8-. The van der Waals surface area contributed by atoms with Crippen LogP contribution >= 0.6 is 0 Å². The Labute approximate surface area is 223 Å². The molecule has 1 unspecified atom stereocenters. The molecule has 8 N–H and O–H groups in total. The number of allylic oxidation sites excluding steroid dienone is 2. The van der Waals surface area contributed by atoms with Gasteiger partial charge in [-0.1, -0.05) is 18.7 Å². The van der Waals surface area contributed by atoms with Gasteiger partial charge in [-0.2, -0.15) is 0 Å². The SMILES string of the molecule is C=C(C(=O)NNC(=O)C(Nc1ccc(C(=N)N)cc1)c1ccc(OC(C)C)c(OCC)c1)/C(C)=C\C=C/N. The summed E-state index contributed by atoms with van der Waals surface area (Å²) in [7, 11) is 0. The number of nitrogen functional groups attached to an aromatic ring is 1. The predicted molar refractivity (Wildman–Crippen MR) is 150 cm³/mol. The number of anilines is 1. The first-order chi connectivity index (χ1) is 18.1. The largest absolute Gasteiger partial charge is 0.490 e. The van der Waals surface area contributed by atoms with Gasteiger partial charge >= 0.3 is 0 Å². The van der Waals surface area contributed by atoms with Crippen LogP contribution in [0, 0.1) is 5.41 Å². The molecule has 2 aromatic rings. The second kappa shape index (κ2) is 14.1. The van der Waals surface area contributed by atoms with Crippen LogP contribution in [-0.2, 0) is 9.59 Å². The van der Waals surface area contributed by atoms with E-state index in [0.717, 1.165) is 0 Å². The number of hydrazine groups is 1.